The quantitative estimate of drug-likeness (QED) is 0.526. The van der Waals surface area contributed by atoms with Crippen molar-refractivity contribution in [2.75, 3.05) is 24.8 Å². The van der Waals surface area contributed by atoms with E-state index in [1.165, 1.54) is 0 Å². The monoisotopic (exact) mass is 396 g/mol. The highest BCUT2D eigenvalue weighted by molar-refractivity contribution is 7.80. The summed E-state index contributed by atoms with van der Waals surface area (Å²) in [7, 11) is 0. The van der Waals surface area contributed by atoms with Crippen molar-refractivity contribution in [1.29, 1.82) is 0 Å². The number of ether oxygens (including phenoxy) is 3. The van der Waals surface area contributed by atoms with Crippen LogP contribution in [-0.2, 0) is 6.54 Å². The number of para-hydroxylation sites is 1. The van der Waals surface area contributed by atoms with Gasteiger partial charge in [-0.1, -0.05) is 43.0 Å². The van der Waals surface area contributed by atoms with Crippen LogP contribution in [0, 0.1) is 0 Å². The van der Waals surface area contributed by atoms with Gasteiger partial charge >= 0.3 is 0 Å². The van der Waals surface area contributed by atoms with Gasteiger partial charge in [0.2, 0.25) is 6.79 Å². The molecule has 0 aromatic heterocycles. The molecular weight excluding hydrogens is 372 g/mol. The molecule has 0 aliphatic carbocycles. The Morgan fingerprint density at radius 1 is 1.25 bits per heavy atom. The van der Waals surface area contributed by atoms with Crippen LogP contribution in [0.25, 0.3) is 0 Å². The summed E-state index contributed by atoms with van der Waals surface area (Å²) in [6.45, 7) is 11.4. The fraction of sp³-hybridized carbons (Fsp3) is 0.227. The Balaban J connectivity index is 1.89. The van der Waals surface area contributed by atoms with Crippen molar-refractivity contribution in [3.63, 3.8) is 0 Å². The van der Waals surface area contributed by atoms with Gasteiger partial charge in [0.05, 0.1) is 6.54 Å². The van der Waals surface area contributed by atoms with E-state index in [0.29, 0.717) is 30.6 Å². The number of hydrogen-bond donors (Lipinski definition) is 1. The molecule has 0 spiro atoms. The molecule has 1 aliphatic heterocycles. The SMILES string of the molecule is C=CCOc1ccccc1CN(C(=S)NCC(=C)C)c1ccc2c(c1)OCO2. The highest BCUT2D eigenvalue weighted by atomic mass is 32.1. The van der Waals surface area contributed by atoms with E-state index in [2.05, 4.69) is 18.5 Å². The first-order valence-electron chi connectivity index (χ1n) is 8.99. The van der Waals surface area contributed by atoms with Gasteiger partial charge < -0.3 is 24.4 Å². The number of rotatable bonds is 8. The van der Waals surface area contributed by atoms with Crippen LogP contribution in [0.3, 0.4) is 0 Å². The van der Waals surface area contributed by atoms with Crippen LogP contribution < -0.4 is 24.4 Å². The molecule has 0 amide bonds. The second kappa shape index (κ2) is 9.28. The third kappa shape index (κ3) is 4.84. The van der Waals surface area contributed by atoms with Crippen molar-refractivity contribution in [3.8, 4) is 17.2 Å². The summed E-state index contributed by atoms with van der Waals surface area (Å²) in [5.41, 5.74) is 2.92. The molecule has 28 heavy (non-hydrogen) atoms. The number of nitrogens with zero attached hydrogens (tertiary/aromatic N) is 1. The van der Waals surface area contributed by atoms with Crippen molar-refractivity contribution in [3.05, 3.63) is 72.8 Å². The van der Waals surface area contributed by atoms with E-state index in [1.807, 2.05) is 54.3 Å². The first kappa shape index (κ1) is 19.8. The van der Waals surface area contributed by atoms with E-state index in [9.17, 15) is 0 Å². The molecule has 0 saturated heterocycles. The Labute approximate surface area is 171 Å². The molecule has 0 atom stereocenters. The second-order valence-electron chi connectivity index (χ2n) is 6.45. The van der Waals surface area contributed by atoms with Gasteiger partial charge in [-0.15, -0.1) is 0 Å². The van der Waals surface area contributed by atoms with E-state index in [1.54, 1.807) is 6.08 Å². The van der Waals surface area contributed by atoms with E-state index < -0.39 is 0 Å². The van der Waals surface area contributed by atoms with E-state index in [-0.39, 0.29) is 6.79 Å². The van der Waals surface area contributed by atoms with Gasteiger partial charge in [-0.3, -0.25) is 0 Å². The minimum atomic E-state index is 0.232. The zero-order valence-electron chi connectivity index (χ0n) is 15.9. The molecule has 146 valence electrons. The lowest BCUT2D eigenvalue weighted by Gasteiger charge is -2.27. The molecule has 3 rings (SSSR count). The lowest BCUT2D eigenvalue weighted by molar-refractivity contribution is 0.174. The standard InChI is InChI=1S/C22H24N2O3S/c1-4-11-25-19-8-6-5-7-17(19)14-24(22(28)23-13-16(2)3)18-9-10-20-21(12-18)27-15-26-20/h4-10,12H,1-2,11,13-15H2,3H3,(H,23,28). The summed E-state index contributed by atoms with van der Waals surface area (Å²) in [4.78, 5) is 2.01. The summed E-state index contributed by atoms with van der Waals surface area (Å²) >= 11 is 5.68. The largest absolute Gasteiger partial charge is 0.489 e. The number of anilines is 1. The maximum absolute atomic E-state index is 5.81. The van der Waals surface area contributed by atoms with E-state index in [4.69, 9.17) is 26.4 Å². The first-order valence-corrected chi connectivity index (χ1v) is 9.40. The fourth-order valence-electron chi connectivity index (χ4n) is 2.75. The van der Waals surface area contributed by atoms with E-state index in [0.717, 1.165) is 28.3 Å². The van der Waals surface area contributed by atoms with E-state index >= 15 is 0 Å². The molecule has 0 unspecified atom stereocenters. The number of benzene rings is 2. The summed E-state index contributed by atoms with van der Waals surface area (Å²) in [6.07, 6.45) is 1.73. The molecule has 6 heteroatoms. The van der Waals surface area contributed by atoms with Crippen molar-refractivity contribution in [1.82, 2.24) is 5.32 Å². The Morgan fingerprint density at radius 2 is 2.04 bits per heavy atom. The Bertz CT molecular complexity index is 882. The van der Waals surface area contributed by atoms with Gasteiger partial charge in [-0.25, -0.2) is 0 Å². The molecule has 0 saturated carbocycles. The van der Waals surface area contributed by atoms with Gasteiger partial charge in [0.25, 0.3) is 0 Å². The van der Waals surface area contributed by atoms with Crippen LogP contribution in [0.2, 0.25) is 0 Å². The molecule has 2 aromatic rings. The third-order valence-corrected chi connectivity index (χ3v) is 4.48. The number of fused-ring (bicyclic) bond motifs is 1. The Kier molecular flexibility index (Phi) is 6.55. The lowest BCUT2D eigenvalue weighted by Crippen LogP contribution is -2.40. The third-order valence-electron chi connectivity index (χ3n) is 4.11. The summed E-state index contributed by atoms with van der Waals surface area (Å²) < 4.78 is 16.8. The van der Waals surface area contributed by atoms with Crippen molar-refractivity contribution >= 4 is 23.0 Å². The van der Waals surface area contributed by atoms with Crippen molar-refractivity contribution in [2.45, 2.75) is 13.5 Å². The predicted molar refractivity (Wildman–Crippen MR) is 116 cm³/mol. The van der Waals surface area contributed by atoms with Crippen molar-refractivity contribution < 1.29 is 14.2 Å². The second-order valence-corrected chi connectivity index (χ2v) is 6.83. The number of hydrogen-bond acceptors (Lipinski definition) is 4. The first-order chi connectivity index (χ1) is 13.6. The van der Waals surface area contributed by atoms with Gasteiger partial charge in [-0.2, -0.15) is 0 Å². The highest BCUT2D eigenvalue weighted by Gasteiger charge is 2.20. The normalized spacial score (nSPS) is 11.6. The molecule has 2 aromatic carbocycles. The van der Waals surface area contributed by atoms with Gasteiger partial charge in [0.15, 0.2) is 16.6 Å². The van der Waals surface area contributed by atoms with Gasteiger partial charge in [0.1, 0.15) is 12.4 Å². The summed E-state index contributed by atoms with van der Waals surface area (Å²) in [6, 6.07) is 13.7. The van der Waals surface area contributed by atoms with Crippen LogP contribution in [0.1, 0.15) is 12.5 Å². The van der Waals surface area contributed by atoms with Crippen LogP contribution in [0.15, 0.2) is 67.3 Å². The number of nitrogens with one attached hydrogen (secondary N) is 1. The fourth-order valence-corrected chi connectivity index (χ4v) is 2.99. The van der Waals surface area contributed by atoms with Crippen molar-refractivity contribution in [2.24, 2.45) is 0 Å². The average Bonchev–Trinajstić information content (AvgIpc) is 3.17. The topological polar surface area (TPSA) is 43.0 Å². The molecular formula is C22H24N2O3S. The molecule has 0 bridgehead atoms. The lowest BCUT2D eigenvalue weighted by atomic mass is 10.1. The average molecular weight is 397 g/mol. The maximum Gasteiger partial charge on any atom is 0.231 e. The van der Waals surface area contributed by atoms with Crippen LogP contribution in [-0.4, -0.2) is 25.1 Å². The molecule has 1 N–H and O–H groups in total. The molecule has 1 heterocycles. The maximum atomic E-state index is 5.81. The minimum Gasteiger partial charge on any atom is -0.489 e. The Morgan fingerprint density at radius 3 is 2.82 bits per heavy atom. The summed E-state index contributed by atoms with van der Waals surface area (Å²) in [5, 5.41) is 3.86. The van der Waals surface area contributed by atoms with Crippen LogP contribution >= 0.6 is 12.2 Å². The highest BCUT2D eigenvalue weighted by Crippen LogP contribution is 2.36. The molecule has 0 fully saturated rings. The van der Waals surface area contributed by atoms with Crippen LogP contribution in [0.5, 0.6) is 17.2 Å². The molecule has 5 nitrogen and oxygen atoms in total. The predicted octanol–water partition coefficient (Wildman–Crippen LogP) is 4.44. The molecule has 1 aliphatic rings. The Hall–Kier alpha value is -2.99. The van der Waals surface area contributed by atoms with Gasteiger partial charge in [-0.05, 0) is 37.3 Å². The zero-order chi connectivity index (χ0) is 19.9. The van der Waals surface area contributed by atoms with Gasteiger partial charge in [0, 0.05) is 23.9 Å². The van der Waals surface area contributed by atoms with Crippen LogP contribution in [0.4, 0.5) is 5.69 Å². The minimum absolute atomic E-state index is 0.232. The smallest absolute Gasteiger partial charge is 0.231 e. The zero-order valence-corrected chi connectivity index (χ0v) is 16.8. The molecule has 0 radical (unpaired) electrons. The number of thiocarbonyl (C=S) groups is 1. The summed E-state index contributed by atoms with van der Waals surface area (Å²) in [5.74, 6) is 2.25.